The first-order valence-corrected chi connectivity index (χ1v) is 7.58. The smallest absolute Gasteiger partial charge is 0.118 e. The molecule has 21 heavy (non-hydrogen) atoms. The van der Waals surface area contributed by atoms with Crippen LogP contribution in [0.1, 0.15) is 31.6 Å². The molecule has 0 aliphatic carbocycles. The average molecular weight is 287 g/mol. The number of hydrogen-bond donors (Lipinski definition) is 1. The zero-order valence-corrected chi connectivity index (χ0v) is 13.1. The summed E-state index contributed by atoms with van der Waals surface area (Å²) in [5.41, 5.74) is 1.35. The van der Waals surface area contributed by atoms with Crippen molar-refractivity contribution < 1.29 is 9.15 Å². The second-order valence-electron chi connectivity index (χ2n) is 5.64. The molecule has 3 nitrogen and oxygen atoms in total. The maximum absolute atomic E-state index is 5.38. The van der Waals surface area contributed by atoms with Crippen molar-refractivity contribution in [3.8, 4) is 5.75 Å². The fraction of sp³-hybridized carbons (Fsp3) is 0.444. The zero-order valence-electron chi connectivity index (χ0n) is 13.1. The first-order valence-electron chi connectivity index (χ1n) is 7.58. The standard InChI is InChI=1S/C18H25NO2/c1-14(19-15(2)13-18-5-4-12-21-18)6-7-16-8-10-17(20-3)11-9-16/h4-5,8-12,14-15,19H,6-7,13H2,1-3H3. The predicted octanol–water partition coefficient (Wildman–Crippen LogP) is 3.83. The summed E-state index contributed by atoms with van der Waals surface area (Å²) in [7, 11) is 1.70. The second-order valence-corrected chi connectivity index (χ2v) is 5.64. The van der Waals surface area contributed by atoms with Crippen LogP contribution in [0.25, 0.3) is 0 Å². The summed E-state index contributed by atoms with van der Waals surface area (Å²) in [6, 6.07) is 13.2. The molecule has 0 radical (unpaired) electrons. The van der Waals surface area contributed by atoms with Crippen LogP contribution in [0.4, 0.5) is 0 Å². The van der Waals surface area contributed by atoms with Gasteiger partial charge < -0.3 is 14.5 Å². The maximum Gasteiger partial charge on any atom is 0.118 e. The number of nitrogens with one attached hydrogen (secondary N) is 1. The summed E-state index contributed by atoms with van der Waals surface area (Å²) < 4.78 is 10.6. The van der Waals surface area contributed by atoms with Crippen molar-refractivity contribution in [3.63, 3.8) is 0 Å². The van der Waals surface area contributed by atoms with Crippen molar-refractivity contribution in [2.24, 2.45) is 0 Å². The molecule has 0 amide bonds. The molecule has 1 heterocycles. The van der Waals surface area contributed by atoms with Crippen LogP contribution in [0.2, 0.25) is 0 Å². The number of methoxy groups -OCH3 is 1. The van der Waals surface area contributed by atoms with Gasteiger partial charge in [-0.1, -0.05) is 12.1 Å². The molecule has 1 aromatic carbocycles. The molecule has 1 aromatic heterocycles. The van der Waals surface area contributed by atoms with Gasteiger partial charge in [-0.25, -0.2) is 0 Å². The SMILES string of the molecule is COc1ccc(CCC(C)NC(C)Cc2ccco2)cc1. The highest BCUT2D eigenvalue weighted by molar-refractivity contribution is 5.27. The Morgan fingerprint density at radius 3 is 2.48 bits per heavy atom. The van der Waals surface area contributed by atoms with E-state index in [1.165, 1.54) is 5.56 Å². The van der Waals surface area contributed by atoms with E-state index < -0.39 is 0 Å². The van der Waals surface area contributed by atoms with Crippen molar-refractivity contribution >= 4 is 0 Å². The summed E-state index contributed by atoms with van der Waals surface area (Å²) in [6.45, 7) is 4.44. The van der Waals surface area contributed by atoms with E-state index in [-0.39, 0.29) is 0 Å². The topological polar surface area (TPSA) is 34.4 Å². The third-order valence-electron chi connectivity index (χ3n) is 3.68. The van der Waals surface area contributed by atoms with E-state index in [9.17, 15) is 0 Å². The van der Waals surface area contributed by atoms with Crippen LogP contribution in [0.15, 0.2) is 47.1 Å². The molecule has 0 aliphatic heterocycles. The molecule has 1 N–H and O–H groups in total. The number of hydrogen-bond acceptors (Lipinski definition) is 3. The molecular weight excluding hydrogens is 262 g/mol. The molecule has 0 bridgehead atoms. The van der Waals surface area contributed by atoms with E-state index in [0.29, 0.717) is 12.1 Å². The lowest BCUT2D eigenvalue weighted by atomic mass is 10.0. The fourth-order valence-corrected chi connectivity index (χ4v) is 2.53. The molecule has 3 heteroatoms. The van der Waals surface area contributed by atoms with Crippen molar-refractivity contribution in [1.82, 2.24) is 5.32 Å². The van der Waals surface area contributed by atoms with E-state index in [4.69, 9.17) is 9.15 Å². The van der Waals surface area contributed by atoms with Crippen molar-refractivity contribution in [1.29, 1.82) is 0 Å². The summed E-state index contributed by atoms with van der Waals surface area (Å²) in [6.07, 6.45) is 4.86. The summed E-state index contributed by atoms with van der Waals surface area (Å²) in [4.78, 5) is 0. The minimum absolute atomic E-state index is 0.419. The number of aryl methyl sites for hydroxylation is 1. The highest BCUT2D eigenvalue weighted by atomic mass is 16.5. The average Bonchev–Trinajstić information content (AvgIpc) is 2.98. The summed E-state index contributed by atoms with van der Waals surface area (Å²) >= 11 is 0. The Kier molecular flexibility index (Phi) is 5.88. The van der Waals surface area contributed by atoms with Gasteiger partial charge in [-0.15, -0.1) is 0 Å². The van der Waals surface area contributed by atoms with Gasteiger partial charge in [0.2, 0.25) is 0 Å². The van der Waals surface area contributed by atoms with Crippen LogP contribution in [-0.4, -0.2) is 19.2 Å². The van der Waals surface area contributed by atoms with Crippen molar-refractivity contribution in [3.05, 3.63) is 54.0 Å². The fourth-order valence-electron chi connectivity index (χ4n) is 2.53. The van der Waals surface area contributed by atoms with Gasteiger partial charge in [0.05, 0.1) is 13.4 Å². The zero-order chi connectivity index (χ0) is 15.1. The molecule has 0 aliphatic rings. The molecule has 0 saturated heterocycles. The molecule has 2 atom stereocenters. The molecule has 2 unspecified atom stereocenters. The van der Waals surface area contributed by atoms with E-state index in [0.717, 1.165) is 30.8 Å². The van der Waals surface area contributed by atoms with Crippen LogP contribution < -0.4 is 10.1 Å². The predicted molar refractivity (Wildman–Crippen MR) is 85.8 cm³/mol. The highest BCUT2D eigenvalue weighted by Gasteiger charge is 2.09. The van der Waals surface area contributed by atoms with Gasteiger partial charge >= 0.3 is 0 Å². The van der Waals surface area contributed by atoms with Crippen LogP contribution in [0.3, 0.4) is 0 Å². The van der Waals surface area contributed by atoms with Crippen LogP contribution in [0, 0.1) is 0 Å². The van der Waals surface area contributed by atoms with Gasteiger partial charge in [0.15, 0.2) is 0 Å². The Morgan fingerprint density at radius 2 is 1.86 bits per heavy atom. The van der Waals surface area contributed by atoms with Gasteiger partial charge in [0, 0.05) is 18.5 Å². The molecule has 2 rings (SSSR count). The molecule has 2 aromatic rings. The summed E-state index contributed by atoms with van der Waals surface area (Å²) in [5.74, 6) is 1.95. The van der Waals surface area contributed by atoms with Gasteiger partial charge in [-0.05, 0) is 56.5 Å². The Hall–Kier alpha value is -1.74. The molecular formula is C18H25NO2. The third kappa shape index (κ3) is 5.27. The number of benzene rings is 1. The minimum atomic E-state index is 0.419. The van der Waals surface area contributed by atoms with Gasteiger partial charge in [-0.3, -0.25) is 0 Å². The lowest BCUT2D eigenvalue weighted by Crippen LogP contribution is -2.36. The van der Waals surface area contributed by atoms with Crippen LogP contribution >= 0.6 is 0 Å². The monoisotopic (exact) mass is 287 g/mol. The Labute approximate surface area is 127 Å². The normalized spacial score (nSPS) is 13.9. The Balaban J connectivity index is 1.72. The lowest BCUT2D eigenvalue weighted by Gasteiger charge is -2.19. The van der Waals surface area contributed by atoms with E-state index in [2.05, 4.69) is 31.3 Å². The molecule has 0 fully saturated rings. The lowest BCUT2D eigenvalue weighted by molar-refractivity contribution is 0.411. The molecule has 0 saturated carbocycles. The van der Waals surface area contributed by atoms with Crippen LogP contribution in [-0.2, 0) is 12.8 Å². The first-order chi connectivity index (χ1) is 10.2. The van der Waals surface area contributed by atoms with Gasteiger partial charge in [-0.2, -0.15) is 0 Å². The first kappa shape index (κ1) is 15.6. The van der Waals surface area contributed by atoms with Gasteiger partial charge in [0.1, 0.15) is 11.5 Å². The Morgan fingerprint density at radius 1 is 1.10 bits per heavy atom. The molecule has 0 spiro atoms. The third-order valence-corrected chi connectivity index (χ3v) is 3.68. The number of furan rings is 1. The molecule has 114 valence electrons. The quantitative estimate of drug-likeness (QED) is 0.801. The summed E-state index contributed by atoms with van der Waals surface area (Å²) in [5, 5.41) is 3.63. The van der Waals surface area contributed by atoms with E-state index >= 15 is 0 Å². The largest absolute Gasteiger partial charge is 0.497 e. The number of rotatable bonds is 8. The van der Waals surface area contributed by atoms with Crippen molar-refractivity contribution in [2.75, 3.05) is 7.11 Å². The second kappa shape index (κ2) is 7.89. The van der Waals surface area contributed by atoms with Crippen molar-refractivity contribution in [2.45, 2.75) is 45.2 Å². The van der Waals surface area contributed by atoms with E-state index in [1.807, 2.05) is 24.3 Å². The van der Waals surface area contributed by atoms with Gasteiger partial charge in [0.25, 0.3) is 0 Å². The van der Waals surface area contributed by atoms with Crippen LogP contribution in [0.5, 0.6) is 5.75 Å². The maximum atomic E-state index is 5.38. The van der Waals surface area contributed by atoms with E-state index in [1.54, 1.807) is 13.4 Å². The highest BCUT2D eigenvalue weighted by Crippen LogP contribution is 2.13. The Bertz CT molecular complexity index is 505. The number of ether oxygens (including phenoxy) is 1. The minimum Gasteiger partial charge on any atom is -0.497 e.